The second-order valence-electron chi connectivity index (χ2n) is 6.32. The Kier molecular flexibility index (Phi) is 5.13. The van der Waals surface area contributed by atoms with E-state index in [9.17, 15) is 4.79 Å². The minimum absolute atomic E-state index is 0.0241. The van der Waals surface area contributed by atoms with E-state index in [1.54, 1.807) is 12.5 Å². The van der Waals surface area contributed by atoms with Gasteiger partial charge in [0.25, 0.3) is 5.91 Å². The number of carbonyl (C=O) groups excluding carboxylic acids is 1. The fourth-order valence-electron chi connectivity index (χ4n) is 3.10. The van der Waals surface area contributed by atoms with Gasteiger partial charge in [0.2, 0.25) is 0 Å². The molecule has 134 valence electrons. The number of aromatic nitrogens is 1. The number of rotatable bonds is 5. The van der Waals surface area contributed by atoms with E-state index in [4.69, 9.17) is 9.15 Å². The highest BCUT2D eigenvalue weighted by molar-refractivity contribution is 7.13. The van der Waals surface area contributed by atoms with Gasteiger partial charge in [-0.05, 0) is 24.5 Å². The Hall–Kier alpha value is -2.44. The zero-order valence-corrected chi connectivity index (χ0v) is 15.2. The average Bonchev–Trinajstić information content (AvgIpc) is 3.38. The fourth-order valence-corrected chi connectivity index (χ4v) is 3.88. The van der Waals surface area contributed by atoms with Crippen LogP contribution in [0.3, 0.4) is 0 Å². The summed E-state index contributed by atoms with van der Waals surface area (Å²) < 4.78 is 10.9. The van der Waals surface area contributed by atoms with Gasteiger partial charge in [0.15, 0.2) is 0 Å². The highest BCUT2D eigenvalue weighted by Crippen LogP contribution is 2.25. The number of carbonyl (C=O) groups is 1. The summed E-state index contributed by atoms with van der Waals surface area (Å²) in [6.45, 7) is 1.80. The van der Waals surface area contributed by atoms with Crippen LogP contribution in [0.25, 0.3) is 10.6 Å². The van der Waals surface area contributed by atoms with E-state index in [0.717, 1.165) is 23.4 Å². The van der Waals surface area contributed by atoms with Gasteiger partial charge < -0.3 is 14.1 Å². The molecule has 4 rings (SSSR count). The first-order chi connectivity index (χ1) is 12.8. The van der Waals surface area contributed by atoms with Crippen molar-refractivity contribution in [1.82, 2.24) is 9.88 Å². The number of morpholine rings is 1. The molecule has 0 N–H and O–H groups in total. The van der Waals surface area contributed by atoms with Crippen molar-refractivity contribution in [2.75, 3.05) is 19.7 Å². The summed E-state index contributed by atoms with van der Waals surface area (Å²) in [6, 6.07) is 12.2. The van der Waals surface area contributed by atoms with E-state index >= 15 is 0 Å². The van der Waals surface area contributed by atoms with E-state index < -0.39 is 0 Å². The predicted octanol–water partition coefficient (Wildman–Crippen LogP) is 3.88. The summed E-state index contributed by atoms with van der Waals surface area (Å²) in [5.41, 5.74) is 2.69. The summed E-state index contributed by atoms with van der Waals surface area (Å²) in [7, 11) is 0. The Morgan fingerprint density at radius 1 is 1.27 bits per heavy atom. The van der Waals surface area contributed by atoms with Crippen molar-refractivity contribution in [3.05, 3.63) is 65.6 Å². The Labute approximate surface area is 156 Å². The number of furan rings is 1. The first-order valence-corrected chi connectivity index (χ1v) is 9.60. The zero-order chi connectivity index (χ0) is 17.8. The number of aryl methyl sites for hydroxylation is 1. The summed E-state index contributed by atoms with van der Waals surface area (Å²) in [6.07, 6.45) is 5.18. The van der Waals surface area contributed by atoms with E-state index in [1.165, 1.54) is 16.9 Å². The molecule has 1 aromatic carbocycles. The molecule has 0 radical (unpaired) electrons. The van der Waals surface area contributed by atoms with Gasteiger partial charge in [-0.25, -0.2) is 4.98 Å². The van der Waals surface area contributed by atoms with E-state index in [-0.39, 0.29) is 12.0 Å². The molecule has 3 aromatic rings. The van der Waals surface area contributed by atoms with Crippen LogP contribution in [0, 0.1) is 0 Å². The molecule has 6 heteroatoms. The van der Waals surface area contributed by atoms with E-state index in [0.29, 0.717) is 25.4 Å². The smallest absolute Gasteiger partial charge is 0.273 e. The molecular formula is C20H20N2O3S. The van der Waals surface area contributed by atoms with Gasteiger partial charge >= 0.3 is 0 Å². The van der Waals surface area contributed by atoms with Crippen LogP contribution in [0.5, 0.6) is 0 Å². The lowest BCUT2D eigenvalue weighted by molar-refractivity contribution is -0.0247. The maximum absolute atomic E-state index is 12.8. The second-order valence-corrected chi connectivity index (χ2v) is 7.18. The number of ether oxygens (including phenoxy) is 1. The molecule has 1 saturated heterocycles. The van der Waals surface area contributed by atoms with Crippen molar-refractivity contribution in [2.45, 2.75) is 18.9 Å². The van der Waals surface area contributed by atoms with Crippen LogP contribution < -0.4 is 0 Å². The van der Waals surface area contributed by atoms with Gasteiger partial charge in [0.05, 0.1) is 19.0 Å². The van der Waals surface area contributed by atoms with Crippen LogP contribution in [0.1, 0.15) is 22.5 Å². The normalized spacial score (nSPS) is 17.4. The van der Waals surface area contributed by atoms with Crippen molar-refractivity contribution < 1.29 is 13.9 Å². The lowest BCUT2D eigenvalue weighted by Gasteiger charge is -2.32. The second kappa shape index (κ2) is 7.85. The van der Waals surface area contributed by atoms with Crippen LogP contribution in [-0.4, -0.2) is 41.6 Å². The van der Waals surface area contributed by atoms with Crippen molar-refractivity contribution in [3.8, 4) is 10.6 Å². The standard InChI is InChI=1S/C20H20N2O3S/c23-20(18-14-26-19(21-18)16-8-10-24-13-16)22-9-11-25-17(12-22)7-6-15-4-2-1-3-5-15/h1-5,8,10,13-14,17H,6-7,9,11-12H2. The summed E-state index contributed by atoms with van der Waals surface area (Å²) in [5.74, 6) is -0.0241. The highest BCUT2D eigenvalue weighted by Gasteiger charge is 2.26. The molecule has 1 aliphatic rings. The molecule has 26 heavy (non-hydrogen) atoms. The molecule has 1 unspecified atom stereocenters. The molecule has 5 nitrogen and oxygen atoms in total. The minimum Gasteiger partial charge on any atom is -0.472 e. The summed E-state index contributed by atoms with van der Waals surface area (Å²) in [4.78, 5) is 19.1. The molecule has 0 bridgehead atoms. The molecule has 0 aliphatic carbocycles. The summed E-state index contributed by atoms with van der Waals surface area (Å²) in [5, 5.41) is 2.62. The van der Waals surface area contributed by atoms with Gasteiger partial charge in [-0.3, -0.25) is 4.79 Å². The van der Waals surface area contributed by atoms with Gasteiger partial charge in [0.1, 0.15) is 17.0 Å². The molecule has 1 atom stereocenters. The third kappa shape index (κ3) is 3.86. The average molecular weight is 368 g/mol. The lowest BCUT2D eigenvalue weighted by Crippen LogP contribution is -2.45. The van der Waals surface area contributed by atoms with Crippen molar-refractivity contribution in [2.24, 2.45) is 0 Å². The summed E-state index contributed by atoms with van der Waals surface area (Å²) >= 11 is 1.46. The third-order valence-electron chi connectivity index (χ3n) is 4.52. The Morgan fingerprint density at radius 2 is 2.15 bits per heavy atom. The number of nitrogens with zero attached hydrogens (tertiary/aromatic N) is 2. The maximum Gasteiger partial charge on any atom is 0.273 e. The fraction of sp³-hybridized carbons (Fsp3) is 0.300. The zero-order valence-electron chi connectivity index (χ0n) is 14.3. The SMILES string of the molecule is O=C(c1csc(-c2ccoc2)n1)N1CCOC(CCc2ccccc2)C1. The van der Waals surface area contributed by atoms with Gasteiger partial charge in [-0.2, -0.15) is 0 Å². The Balaban J connectivity index is 1.37. The first kappa shape index (κ1) is 17.0. The predicted molar refractivity (Wildman–Crippen MR) is 100 cm³/mol. The Morgan fingerprint density at radius 3 is 2.96 bits per heavy atom. The van der Waals surface area contributed by atoms with Crippen LogP contribution >= 0.6 is 11.3 Å². The lowest BCUT2D eigenvalue weighted by atomic mass is 10.1. The number of thiazole rings is 1. The molecule has 1 fully saturated rings. The quantitative estimate of drug-likeness (QED) is 0.686. The van der Waals surface area contributed by atoms with E-state index in [2.05, 4.69) is 17.1 Å². The molecule has 1 aliphatic heterocycles. The van der Waals surface area contributed by atoms with Crippen molar-refractivity contribution in [3.63, 3.8) is 0 Å². The molecule has 2 aromatic heterocycles. The Bertz CT molecular complexity index is 845. The van der Waals surface area contributed by atoms with Crippen LogP contribution in [0.15, 0.2) is 58.7 Å². The largest absolute Gasteiger partial charge is 0.472 e. The van der Waals surface area contributed by atoms with Gasteiger partial charge in [0, 0.05) is 24.0 Å². The van der Waals surface area contributed by atoms with Crippen molar-refractivity contribution in [1.29, 1.82) is 0 Å². The van der Waals surface area contributed by atoms with Crippen LogP contribution in [-0.2, 0) is 11.2 Å². The number of hydrogen-bond acceptors (Lipinski definition) is 5. The third-order valence-corrected chi connectivity index (χ3v) is 5.41. The van der Waals surface area contributed by atoms with Gasteiger partial charge in [-0.1, -0.05) is 30.3 Å². The monoisotopic (exact) mass is 368 g/mol. The molecule has 1 amide bonds. The molecule has 0 spiro atoms. The van der Waals surface area contributed by atoms with Crippen LogP contribution in [0.4, 0.5) is 0 Å². The molecule has 0 saturated carbocycles. The number of benzene rings is 1. The minimum atomic E-state index is -0.0241. The number of amides is 1. The van der Waals surface area contributed by atoms with Crippen LogP contribution in [0.2, 0.25) is 0 Å². The van der Waals surface area contributed by atoms with E-state index in [1.807, 2.05) is 34.5 Å². The topological polar surface area (TPSA) is 55.6 Å². The number of hydrogen-bond donors (Lipinski definition) is 0. The molecular weight excluding hydrogens is 348 g/mol. The maximum atomic E-state index is 12.8. The highest BCUT2D eigenvalue weighted by atomic mass is 32.1. The van der Waals surface area contributed by atoms with Gasteiger partial charge in [-0.15, -0.1) is 11.3 Å². The van der Waals surface area contributed by atoms with Crippen molar-refractivity contribution >= 4 is 17.2 Å². The molecule has 3 heterocycles. The first-order valence-electron chi connectivity index (χ1n) is 8.72.